The molecule has 0 rings (SSSR count). The molecule has 0 aromatic rings. The lowest BCUT2D eigenvalue weighted by molar-refractivity contribution is -0.870. The van der Waals surface area contributed by atoms with E-state index >= 15 is 0 Å². The number of hydrogen-bond donors (Lipinski definition) is 2. The Kier molecular flexibility index (Phi) is 50.7. The van der Waals surface area contributed by atoms with Crippen molar-refractivity contribution in [1.82, 2.24) is 5.32 Å². The summed E-state index contributed by atoms with van der Waals surface area (Å²) in [6.07, 6.45) is 66.6. The topological polar surface area (TPSA) is 108 Å². The van der Waals surface area contributed by atoms with Gasteiger partial charge in [-0.3, -0.25) is 9.36 Å². The van der Waals surface area contributed by atoms with E-state index in [4.69, 9.17) is 9.05 Å². The lowest BCUT2D eigenvalue weighted by Gasteiger charge is -2.29. The van der Waals surface area contributed by atoms with Gasteiger partial charge in [-0.25, -0.2) is 0 Å². The summed E-state index contributed by atoms with van der Waals surface area (Å²) in [7, 11) is 1.25. The molecule has 408 valence electrons. The molecule has 0 aromatic heterocycles. The van der Waals surface area contributed by atoms with Crippen LogP contribution in [0.3, 0.4) is 0 Å². The van der Waals surface area contributed by atoms with Gasteiger partial charge in [0.2, 0.25) is 5.91 Å². The highest BCUT2D eigenvalue weighted by atomic mass is 31.2. The maximum atomic E-state index is 13.0. The van der Waals surface area contributed by atoms with Crippen LogP contribution in [0.2, 0.25) is 0 Å². The molecule has 0 bridgehead atoms. The second-order valence-corrected chi connectivity index (χ2v) is 23.1. The molecule has 0 heterocycles. The van der Waals surface area contributed by atoms with Gasteiger partial charge >= 0.3 is 0 Å². The Bertz CT molecular complexity index is 1220. The minimum atomic E-state index is -4.60. The first-order valence-electron chi connectivity index (χ1n) is 29.9. The third-order valence-corrected chi connectivity index (χ3v) is 14.5. The fourth-order valence-electron chi connectivity index (χ4n) is 8.87. The molecule has 0 aliphatic carbocycles. The number of unbranched alkanes of at least 4 members (excludes halogenated alkanes) is 38. The number of allylic oxidation sites excluding steroid dienone is 5. The largest absolute Gasteiger partial charge is 0.756 e. The molecular formula is C60H117N2O6P. The molecule has 0 aliphatic heterocycles. The fraction of sp³-hybridized carbons (Fsp3) is 0.883. The molecule has 0 aliphatic rings. The number of quaternary nitrogens is 1. The number of hydrogen-bond acceptors (Lipinski definition) is 6. The van der Waals surface area contributed by atoms with E-state index in [0.717, 1.165) is 38.5 Å². The van der Waals surface area contributed by atoms with Gasteiger partial charge in [0.05, 0.1) is 39.9 Å². The maximum Gasteiger partial charge on any atom is 0.268 e. The lowest BCUT2D eigenvalue weighted by atomic mass is 10.0. The molecule has 0 spiro atoms. The lowest BCUT2D eigenvalue weighted by Crippen LogP contribution is -2.45. The zero-order chi connectivity index (χ0) is 50.6. The number of aliphatic hydroxyl groups is 1. The summed E-state index contributed by atoms with van der Waals surface area (Å²) >= 11 is 0. The smallest absolute Gasteiger partial charge is 0.268 e. The fourth-order valence-corrected chi connectivity index (χ4v) is 9.60. The summed E-state index contributed by atoms with van der Waals surface area (Å²) in [6, 6.07) is -0.903. The first kappa shape index (κ1) is 67.7. The van der Waals surface area contributed by atoms with E-state index in [2.05, 4.69) is 43.5 Å². The van der Waals surface area contributed by atoms with E-state index in [-0.39, 0.29) is 12.5 Å². The molecule has 0 saturated carbocycles. The third-order valence-electron chi connectivity index (χ3n) is 13.6. The monoisotopic (exact) mass is 993 g/mol. The quantitative estimate of drug-likeness (QED) is 0.0272. The van der Waals surface area contributed by atoms with Gasteiger partial charge in [-0.15, -0.1) is 0 Å². The molecule has 69 heavy (non-hydrogen) atoms. The first-order valence-corrected chi connectivity index (χ1v) is 31.3. The van der Waals surface area contributed by atoms with Crippen LogP contribution in [0.5, 0.6) is 0 Å². The number of phosphoric acid groups is 1. The van der Waals surface area contributed by atoms with E-state index in [1.807, 2.05) is 27.2 Å². The van der Waals surface area contributed by atoms with Crippen LogP contribution in [-0.4, -0.2) is 68.5 Å². The van der Waals surface area contributed by atoms with Crippen LogP contribution in [0.4, 0.5) is 0 Å². The number of amides is 1. The van der Waals surface area contributed by atoms with Crippen molar-refractivity contribution in [3.05, 3.63) is 36.5 Å². The first-order chi connectivity index (χ1) is 33.5. The molecule has 2 N–H and O–H groups in total. The van der Waals surface area contributed by atoms with Crippen molar-refractivity contribution >= 4 is 13.7 Å². The number of likely N-dealkylation sites (N-methyl/N-ethyl adjacent to an activating group) is 1. The third kappa shape index (κ3) is 54.3. The minimum Gasteiger partial charge on any atom is -0.756 e. The van der Waals surface area contributed by atoms with Gasteiger partial charge in [0.1, 0.15) is 13.2 Å². The highest BCUT2D eigenvalue weighted by molar-refractivity contribution is 7.45. The van der Waals surface area contributed by atoms with Gasteiger partial charge in [-0.2, -0.15) is 0 Å². The molecule has 9 heteroatoms. The Morgan fingerprint density at radius 3 is 1.17 bits per heavy atom. The molecule has 3 atom stereocenters. The number of aliphatic hydroxyl groups excluding tert-OH is 1. The van der Waals surface area contributed by atoms with Gasteiger partial charge in [-0.1, -0.05) is 262 Å². The summed E-state index contributed by atoms with van der Waals surface area (Å²) in [5.41, 5.74) is 0. The zero-order valence-corrected chi connectivity index (χ0v) is 47.4. The Hall–Kier alpha value is -1.28. The van der Waals surface area contributed by atoms with Gasteiger partial charge in [0, 0.05) is 6.42 Å². The average molecular weight is 994 g/mol. The average Bonchev–Trinajstić information content (AvgIpc) is 3.31. The van der Waals surface area contributed by atoms with Crippen molar-refractivity contribution in [1.29, 1.82) is 0 Å². The van der Waals surface area contributed by atoms with E-state index in [9.17, 15) is 19.4 Å². The van der Waals surface area contributed by atoms with E-state index in [1.54, 1.807) is 6.08 Å². The van der Waals surface area contributed by atoms with Crippen molar-refractivity contribution in [3.8, 4) is 0 Å². The second-order valence-electron chi connectivity index (χ2n) is 21.7. The van der Waals surface area contributed by atoms with E-state index in [1.165, 1.54) is 231 Å². The van der Waals surface area contributed by atoms with E-state index in [0.29, 0.717) is 17.4 Å². The Balaban J connectivity index is 4.17. The summed E-state index contributed by atoms with van der Waals surface area (Å²) in [6.45, 7) is 4.66. The van der Waals surface area contributed by atoms with Crippen LogP contribution in [0.1, 0.15) is 290 Å². The number of carbonyl (C=O) groups excluding carboxylic acids is 1. The molecule has 0 radical (unpaired) electrons. The van der Waals surface area contributed by atoms with Crippen LogP contribution in [0, 0.1) is 0 Å². The van der Waals surface area contributed by atoms with E-state index < -0.39 is 26.6 Å². The molecule has 0 fully saturated rings. The molecular weight excluding hydrogens is 876 g/mol. The Morgan fingerprint density at radius 2 is 0.812 bits per heavy atom. The highest BCUT2D eigenvalue weighted by Crippen LogP contribution is 2.38. The van der Waals surface area contributed by atoms with Crippen LogP contribution < -0.4 is 10.2 Å². The number of carbonyl (C=O) groups is 1. The predicted octanol–water partition coefficient (Wildman–Crippen LogP) is 17.5. The van der Waals surface area contributed by atoms with Gasteiger partial charge in [0.15, 0.2) is 0 Å². The normalized spacial score (nSPS) is 14.1. The van der Waals surface area contributed by atoms with Crippen LogP contribution >= 0.6 is 7.82 Å². The number of rotatable bonds is 55. The molecule has 1 amide bonds. The molecule has 0 aromatic carbocycles. The van der Waals surface area contributed by atoms with Gasteiger partial charge < -0.3 is 28.8 Å². The van der Waals surface area contributed by atoms with Gasteiger partial charge in [-0.05, 0) is 57.8 Å². The minimum absolute atomic E-state index is 0.00550. The van der Waals surface area contributed by atoms with Crippen LogP contribution in [0.15, 0.2) is 36.5 Å². The molecule has 3 unspecified atom stereocenters. The summed E-state index contributed by atoms with van der Waals surface area (Å²) in [5.74, 6) is -0.204. The molecule has 8 nitrogen and oxygen atoms in total. The van der Waals surface area contributed by atoms with Crippen molar-refractivity contribution in [2.45, 2.75) is 302 Å². The Labute approximate surface area is 429 Å². The number of nitrogens with zero attached hydrogens (tertiary/aromatic N) is 1. The summed E-state index contributed by atoms with van der Waals surface area (Å²) in [4.78, 5) is 25.5. The zero-order valence-electron chi connectivity index (χ0n) is 46.5. The standard InChI is InChI=1S/C60H117N2O6P/c1-6-8-10-12-14-16-18-20-22-24-26-27-28-29-30-31-32-33-34-36-38-40-42-44-46-48-50-52-54-60(64)61-58(57-68-69(65,66)67-56-55-62(3,4)5)59(63)53-51-49-47-45-43-41-39-37-35-25-23-21-19-17-15-13-11-9-7-2/h29-30,43,45,51,53,58-59,63H,6-28,31-42,44,46-50,52,54-57H2,1-5H3,(H-,61,64,65,66)/b30-29-,45-43+,53-51+. The van der Waals surface area contributed by atoms with Crippen LogP contribution in [0.25, 0.3) is 0 Å². The number of nitrogens with one attached hydrogen (secondary N) is 1. The molecule has 0 saturated heterocycles. The summed E-state index contributed by atoms with van der Waals surface area (Å²) < 4.78 is 23.3. The van der Waals surface area contributed by atoms with Crippen molar-refractivity contribution in [2.75, 3.05) is 40.9 Å². The second kappa shape index (κ2) is 51.6. The Morgan fingerprint density at radius 1 is 0.493 bits per heavy atom. The number of phosphoric ester groups is 1. The van der Waals surface area contributed by atoms with Crippen molar-refractivity contribution < 1.29 is 32.9 Å². The predicted molar refractivity (Wildman–Crippen MR) is 298 cm³/mol. The van der Waals surface area contributed by atoms with Crippen LogP contribution in [-0.2, 0) is 18.4 Å². The highest BCUT2D eigenvalue weighted by Gasteiger charge is 2.23. The van der Waals surface area contributed by atoms with Crippen molar-refractivity contribution in [3.63, 3.8) is 0 Å². The summed E-state index contributed by atoms with van der Waals surface area (Å²) in [5, 5.41) is 13.9. The maximum absolute atomic E-state index is 13.0. The van der Waals surface area contributed by atoms with Crippen molar-refractivity contribution in [2.24, 2.45) is 0 Å². The SMILES string of the molecule is CCCCCCCCCCCCCC/C=C\CCCCCCCCCCCCCCC(=O)NC(COP(=O)([O-])OCC[N+](C)(C)C)C(O)/C=C/CC/C=C/CCCCCCCCCCCCCCC. The van der Waals surface area contributed by atoms with Gasteiger partial charge in [0.25, 0.3) is 7.82 Å².